The van der Waals surface area contributed by atoms with Gasteiger partial charge in [0.2, 0.25) is 0 Å². The van der Waals surface area contributed by atoms with E-state index in [0.29, 0.717) is 0 Å². The third-order valence-electron chi connectivity index (χ3n) is 0. The van der Waals surface area contributed by atoms with Gasteiger partial charge in [-0.2, -0.15) is 0 Å². The molecule has 0 aromatic heterocycles. The average Bonchev–Trinajstić information content (AvgIpc) is 0.722. The molecule has 0 heterocycles. The molecule has 0 rings (SSSR count). The van der Waals surface area contributed by atoms with Gasteiger partial charge in [0.05, 0.1) is 0 Å². The van der Waals surface area contributed by atoms with E-state index in [1.165, 1.54) is 0 Å². The summed E-state index contributed by atoms with van der Waals surface area (Å²) in [4.78, 5) is 0. The molecule has 0 aliphatic carbocycles. The second-order valence-electron chi connectivity index (χ2n) is 0.469. The molecule has 40 valence electrons. The van der Waals surface area contributed by atoms with Gasteiger partial charge in [-0.3, -0.25) is 4.70 Å². The van der Waals surface area contributed by atoms with Crippen LogP contribution in [0.4, 0.5) is 4.70 Å². The van der Waals surface area contributed by atoms with Gasteiger partial charge in [0.1, 0.15) is 0 Å². The smallest absolute Gasteiger partial charge is 1.00 e. The molecule has 4 nitrogen and oxygen atoms in total. The molecule has 0 aliphatic rings. The molecule has 0 bridgehead atoms. The van der Waals surface area contributed by atoms with Crippen molar-refractivity contribution < 1.29 is 58.5 Å². The maximum Gasteiger partial charge on any atom is 1.00 e. The average molecular weight is 174 g/mol. The predicted octanol–water partition coefficient (Wildman–Crippen LogP) is -9.27. The Bertz CT molecular complexity index is 60.2. The SMILES string of the molecule is F.O=[As]([O-])([O-])O.[Li+].[Li+]. The largest absolute Gasteiger partial charge is 1.00 e. The van der Waals surface area contributed by atoms with Crippen LogP contribution in [-0.4, -0.2) is 18.6 Å². The molecule has 0 spiro atoms. The van der Waals surface area contributed by atoms with E-state index in [9.17, 15) is 0 Å². The van der Waals surface area contributed by atoms with Crippen molar-refractivity contribution in [3.63, 3.8) is 0 Å². The van der Waals surface area contributed by atoms with Crippen molar-refractivity contribution in [3.05, 3.63) is 0 Å². The Labute approximate surface area is 72.7 Å². The summed E-state index contributed by atoms with van der Waals surface area (Å²) in [5, 5.41) is 0. The Morgan fingerprint density at radius 1 is 1.25 bits per heavy atom. The molecule has 0 aromatic rings. The van der Waals surface area contributed by atoms with Gasteiger partial charge in [0.25, 0.3) is 0 Å². The van der Waals surface area contributed by atoms with Crippen molar-refractivity contribution in [2.45, 2.75) is 0 Å². The first-order valence-electron chi connectivity index (χ1n) is 0.748. The molecule has 0 saturated heterocycles. The van der Waals surface area contributed by atoms with Crippen molar-refractivity contribution in [1.29, 1.82) is 0 Å². The molecule has 1 N–H and O–H groups in total. The van der Waals surface area contributed by atoms with Crippen molar-refractivity contribution in [2.75, 3.05) is 0 Å². The first-order chi connectivity index (χ1) is 2.00. The van der Waals surface area contributed by atoms with Crippen LogP contribution in [0.5, 0.6) is 0 Å². The summed E-state index contributed by atoms with van der Waals surface area (Å²) in [7, 11) is 0. The van der Waals surface area contributed by atoms with Gasteiger partial charge in [0, 0.05) is 0 Å². The van der Waals surface area contributed by atoms with Gasteiger partial charge in [-0.25, -0.2) is 0 Å². The minimum atomic E-state index is -5.62. The minimum Gasteiger partial charge on any atom is 1.00 e. The molecule has 0 radical (unpaired) electrons. The monoisotopic (exact) mass is 174 g/mol. The van der Waals surface area contributed by atoms with Gasteiger partial charge in [-0.05, 0) is 0 Å². The van der Waals surface area contributed by atoms with Crippen LogP contribution in [0.25, 0.3) is 0 Å². The summed E-state index contributed by atoms with van der Waals surface area (Å²) >= 11 is -5.62. The summed E-state index contributed by atoms with van der Waals surface area (Å²) in [6, 6.07) is 0. The second-order valence-corrected chi connectivity index (χ2v) is 2.43. The zero-order chi connectivity index (χ0) is 4.50. The molecule has 0 aromatic carbocycles. The van der Waals surface area contributed by atoms with E-state index in [0.717, 1.165) is 0 Å². The molecule has 0 atom stereocenters. The molecule has 0 saturated carbocycles. The standard InChI is InChI=1S/AsH3O4.FH.2Li/c2-1(3,4)5;;;/h(H3,2,3,4,5);1H;;/q;;2*+1/p-2. The first kappa shape index (κ1) is 22.8. The maximum atomic E-state index is 8.72. The Hall–Kier alpha value is 1.36. The van der Waals surface area contributed by atoms with E-state index in [2.05, 4.69) is 0 Å². The van der Waals surface area contributed by atoms with Crippen LogP contribution < -0.4 is 45.9 Å². The molecular weight excluding hydrogens is 172 g/mol. The van der Waals surface area contributed by atoms with Gasteiger partial charge >= 0.3 is 68.3 Å². The molecule has 0 amide bonds. The zero-order valence-electron chi connectivity index (χ0n) is 4.53. The van der Waals surface area contributed by atoms with E-state index >= 15 is 0 Å². The number of hydrogen-bond acceptors (Lipinski definition) is 3. The van der Waals surface area contributed by atoms with E-state index in [1.807, 2.05) is 0 Å². The summed E-state index contributed by atoms with van der Waals surface area (Å²) in [5.41, 5.74) is 0. The van der Waals surface area contributed by atoms with E-state index < -0.39 is 14.5 Å². The third-order valence-corrected chi connectivity index (χ3v) is 0. The molecule has 0 unspecified atom stereocenters. The zero-order valence-corrected chi connectivity index (χ0v) is 6.40. The fourth-order valence-corrected chi connectivity index (χ4v) is 0. The molecule has 0 aliphatic heterocycles. The Balaban J connectivity index is -0.0000000267. The van der Waals surface area contributed by atoms with Crippen molar-refractivity contribution in [2.24, 2.45) is 0 Å². The van der Waals surface area contributed by atoms with E-state index in [4.69, 9.17) is 16.0 Å². The van der Waals surface area contributed by atoms with Crippen molar-refractivity contribution >= 4 is 14.5 Å². The maximum absolute atomic E-state index is 8.72. The van der Waals surface area contributed by atoms with Crippen LogP contribution in [0.3, 0.4) is 0 Å². The van der Waals surface area contributed by atoms with E-state index in [1.54, 1.807) is 0 Å². The number of rotatable bonds is 0. The normalized spacial score (nSPS) is 7.38. The number of hydrogen-bond donors (Lipinski definition) is 1. The van der Waals surface area contributed by atoms with Crippen molar-refractivity contribution in [1.82, 2.24) is 0 Å². The summed E-state index contributed by atoms with van der Waals surface area (Å²) in [6.45, 7) is 0. The fourth-order valence-electron chi connectivity index (χ4n) is 0. The summed E-state index contributed by atoms with van der Waals surface area (Å²) in [5.74, 6) is 0. The van der Waals surface area contributed by atoms with Crippen LogP contribution >= 0.6 is 0 Å². The van der Waals surface area contributed by atoms with Crippen LogP contribution in [0.15, 0.2) is 0 Å². The Kier molecular flexibility index (Phi) is 23.8. The van der Waals surface area contributed by atoms with Crippen LogP contribution in [0.2, 0.25) is 0 Å². The van der Waals surface area contributed by atoms with Crippen LogP contribution in [-0.2, 0) is 3.74 Å². The molecule has 8 heavy (non-hydrogen) atoms. The predicted molar refractivity (Wildman–Crippen MR) is 11.2 cm³/mol. The van der Waals surface area contributed by atoms with Crippen molar-refractivity contribution in [3.8, 4) is 0 Å². The van der Waals surface area contributed by atoms with Gasteiger partial charge in [-0.1, -0.05) is 0 Å². The number of halogens is 1. The van der Waals surface area contributed by atoms with Crippen LogP contribution in [0.1, 0.15) is 0 Å². The molecule has 0 fully saturated rings. The minimum absolute atomic E-state index is 0. The first-order valence-corrected chi connectivity index (χ1v) is 3.89. The van der Waals surface area contributed by atoms with Gasteiger partial charge in [-0.15, -0.1) is 0 Å². The molecular formula is H2AsFLi2O4. The summed E-state index contributed by atoms with van der Waals surface area (Å²) < 4.78 is 33.2. The van der Waals surface area contributed by atoms with Gasteiger partial charge in [0.15, 0.2) is 0 Å². The third kappa shape index (κ3) is 160. The van der Waals surface area contributed by atoms with E-state index in [-0.39, 0.29) is 42.4 Å². The Morgan fingerprint density at radius 2 is 1.25 bits per heavy atom. The molecule has 8 heteroatoms. The fraction of sp³-hybridized carbons (Fsp3) is 0. The Morgan fingerprint density at radius 3 is 1.25 bits per heavy atom. The summed E-state index contributed by atoms with van der Waals surface area (Å²) in [6.07, 6.45) is 0. The second kappa shape index (κ2) is 8.36. The van der Waals surface area contributed by atoms with Crippen LogP contribution in [0, 0.1) is 0 Å². The quantitative estimate of drug-likeness (QED) is 0.369. The topological polar surface area (TPSA) is 83.4 Å². The van der Waals surface area contributed by atoms with Gasteiger partial charge < -0.3 is 0 Å².